The summed E-state index contributed by atoms with van der Waals surface area (Å²) < 4.78 is 87.5. The maximum atomic E-state index is 13.3. The summed E-state index contributed by atoms with van der Waals surface area (Å²) in [7, 11) is -4.31. The Labute approximate surface area is 234 Å². The fourth-order valence-corrected chi connectivity index (χ4v) is 6.11. The smallest absolute Gasteiger partial charge is 0.397 e. The van der Waals surface area contributed by atoms with Gasteiger partial charge in [-0.05, 0) is 75.4 Å². The van der Waals surface area contributed by atoms with Gasteiger partial charge in [-0.3, -0.25) is 4.79 Å². The summed E-state index contributed by atoms with van der Waals surface area (Å²) in [6, 6.07) is 8.34. The lowest BCUT2D eigenvalue weighted by atomic mass is 9.97. The molecule has 1 saturated carbocycles. The Balaban J connectivity index is 1.44. The number of carbonyl (C=O) groups excluding carboxylic acids is 1. The van der Waals surface area contributed by atoms with Crippen LogP contribution >= 0.6 is 0 Å². The zero-order valence-corrected chi connectivity index (χ0v) is 23.4. The summed E-state index contributed by atoms with van der Waals surface area (Å²) in [6.07, 6.45) is -2.08. The average Bonchev–Trinajstić information content (AvgIpc) is 3.46. The molecule has 2 aromatic heterocycles. The highest BCUT2D eigenvalue weighted by molar-refractivity contribution is 7.90. The summed E-state index contributed by atoms with van der Waals surface area (Å²) in [5.41, 5.74) is -2.28. The molecule has 9 nitrogen and oxygen atoms in total. The summed E-state index contributed by atoms with van der Waals surface area (Å²) in [6.45, 7) is 6.02. The number of amides is 1. The molecule has 1 aliphatic heterocycles. The van der Waals surface area contributed by atoms with E-state index >= 15 is 0 Å². The fourth-order valence-electron chi connectivity index (χ4n) is 5.14. The van der Waals surface area contributed by atoms with Crippen molar-refractivity contribution in [1.29, 1.82) is 0 Å². The molecule has 5 rings (SSSR count). The van der Waals surface area contributed by atoms with E-state index in [0.29, 0.717) is 6.54 Å². The van der Waals surface area contributed by atoms with Gasteiger partial charge in [-0.15, -0.1) is 5.10 Å². The van der Waals surface area contributed by atoms with E-state index in [2.05, 4.69) is 17.0 Å². The van der Waals surface area contributed by atoms with Crippen molar-refractivity contribution in [3.63, 3.8) is 0 Å². The number of rotatable bonds is 8. The molecule has 0 bridgehead atoms. The van der Waals surface area contributed by atoms with Crippen LogP contribution in [-0.4, -0.2) is 54.0 Å². The van der Waals surface area contributed by atoms with Gasteiger partial charge in [-0.25, -0.2) is 27.2 Å². The molecular weight excluding hydrogens is 566 g/mol. The number of nitrogens with zero attached hydrogens (tertiary/aromatic N) is 4. The third-order valence-corrected chi connectivity index (χ3v) is 8.88. The molecule has 1 aromatic carbocycles. The molecule has 2 fully saturated rings. The highest BCUT2D eigenvalue weighted by Gasteiger charge is 2.64. The molecule has 0 spiro atoms. The van der Waals surface area contributed by atoms with Gasteiger partial charge in [-0.2, -0.15) is 13.2 Å². The molecule has 14 heteroatoms. The Bertz CT molecular complexity index is 1570. The zero-order valence-electron chi connectivity index (χ0n) is 22.6. The van der Waals surface area contributed by atoms with Gasteiger partial charge < -0.3 is 9.64 Å². The molecule has 1 amide bonds. The van der Waals surface area contributed by atoms with Crippen LogP contribution in [0.3, 0.4) is 0 Å². The summed E-state index contributed by atoms with van der Waals surface area (Å²) in [5, 5.41) is 4.21. The lowest BCUT2D eigenvalue weighted by molar-refractivity contribution is -0.194. The molecule has 1 N–H and O–H groups in total. The topological polar surface area (TPSA) is 106 Å². The molecule has 41 heavy (non-hydrogen) atoms. The molecule has 0 unspecified atom stereocenters. The number of benzene rings is 1. The normalized spacial score (nSPS) is 19.7. The van der Waals surface area contributed by atoms with Crippen molar-refractivity contribution in [1.82, 2.24) is 19.5 Å². The first-order chi connectivity index (χ1) is 19.1. The van der Waals surface area contributed by atoms with E-state index in [1.807, 2.05) is 23.5 Å². The summed E-state index contributed by atoms with van der Waals surface area (Å²) >= 11 is 0. The number of hydrogen-bond acceptors (Lipinski definition) is 7. The average molecular weight is 596 g/mol. The van der Waals surface area contributed by atoms with Crippen LogP contribution < -0.4 is 14.4 Å². The van der Waals surface area contributed by atoms with Gasteiger partial charge in [0.25, 0.3) is 15.9 Å². The number of hydrogen-bond donors (Lipinski definition) is 1. The van der Waals surface area contributed by atoms with Gasteiger partial charge in [0, 0.05) is 24.3 Å². The van der Waals surface area contributed by atoms with Crippen molar-refractivity contribution in [2.75, 3.05) is 18.1 Å². The van der Waals surface area contributed by atoms with E-state index in [0.717, 1.165) is 30.7 Å². The number of anilines is 1. The first-order valence-electron chi connectivity index (χ1n) is 13.0. The summed E-state index contributed by atoms with van der Waals surface area (Å²) in [5.74, 6) is -0.836. The van der Waals surface area contributed by atoms with E-state index < -0.39 is 45.5 Å². The Morgan fingerprint density at radius 1 is 1.12 bits per heavy atom. The predicted octanol–water partition coefficient (Wildman–Crippen LogP) is 4.87. The van der Waals surface area contributed by atoms with Gasteiger partial charge in [0.15, 0.2) is 5.82 Å². The highest BCUT2D eigenvalue weighted by Crippen LogP contribution is 2.57. The number of pyridine rings is 1. The van der Waals surface area contributed by atoms with E-state index in [1.54, 1.807) is 0 Å². The lowest BCUT2D eigenvalue weighted by Crippen LogP contribution is -2.41. The maximum Gasteiger partial charge on any atom is 0.397 e. The number of ether oxygens (including phenoxy) is 1. The monoisotopic (exact) mass is 595 g/mol. The van der Waals surface area contributed by atoms with E-state index in [9.17, 15) is 30.8 Å². The third kappa shape index (κ3) is 5.74. The van der Waals surface area contributed by atoms with Crippen molar-refractivity contribution in [2.24, 2.45) is 11.3 Å². The maximum absolute atomic E-state index is 13.3. The van der Waals surface area contributed by atoms with Crippen molar-refractivity contribution in [3.8, 4) is 11.7 Å². The van der Waals surface area contributed by atoms with Gasteiger partial charge in [0.1, 0.15) is 23.7 Å². The van der Waals surface area contributed by atoms with Crippen LogP contribution in [-0.2, 0) is 10.0 Å². The largest absolute Gasteiger partial charge is 0.476 e. The minimum atomic E-state index is -4.35. The second kappa shape index (κ2) is 10.00. The molecule has 2 aliphatic rings. The first-order valence-corrected chi connectivity index (χ1v) is 14.5. The molecule has 220 valence electrons. The van der Waals surface area contributed by atoms with Crippen LogP contribution in [0.4, 0.5) is 23.4 Å². The zero-order chi connectivity index (χ0) is 29.8. The van der Waals surface area contributed by atoms with Crippen molar-refractivity contribution >= 4 is 21.7 Å². The number of nitrogens with one attached hydrogen (secondary N) is 1. The highest BCUT2D eigenvalue weighted by atomic mass is 32.2. The minimum absolute atomic E-state index is 0.00652. The molecule has 1 aliphatic carbocycles. The number of carbonyl (C=O) groups is 1. The van der Waals surface area contributed by atoms with E-state index in [4.69, 9.17) is 4.74 Å². The molecule has 1 saturated heterocycles. The lowest BCUT2D eigenvalue weighted by Gasteiger charge is -2.34. The number of halogens is 4. The molecule has 0 radical (unpaired) electrons. The quantitative estimate of drug-likeness (QED) is 0.371. The number of sulfonamides is 1. The van der Waals surface area contributed by atoms with Gasteiger partial charge in [0.05, 0.1) is 10.5 Å². The van der Waals surface area contributed by atoms with E-state index in [-0.39, 0.29) is 46.7 Å². The fraction of sp³-hybridized carbons (Fsp3) is 0.444. The Kier molecular flexibility index (Phi) is 7.03. The first kappa shape index (κ1) is 28.8. The van der Waals surface area contributed by atoms with Gasteiger partial charge in [0.2, 0.25) is 5.88 Å². The second-order valence-corrected chi connectivity index (χ2v) is 13.0. The van der Waals surface area contributed by atoms with Crippen molar-refractivity contribution < 1.29 is 35.5 Å². The van der Waals surface area contributed by atoms with Gasteiger partial charge in [-0.1, -0.05) is 6.92 Å². The van der Waals surface area contributed by atoms with Crippen LogP contribution in [0.15, 0.2) is 53.6 Å². The van der Waals surface area contributed by atoms with Crippen LogP contribution in [0.25, 0.3) is 5.82 Å². The minimum Gasteiger partial charge on any atom is -0.476 e. The molecule has 3 heterocycles. The van der Waals surface area contributed by atoms with Crippen LogP contribution in [0, 0.1) is 17.2 Å². The van der Waals surface area contributed by atoms with Crippen molar-refractivity contribution in [2.45, 2.75) is 56.6 Å². The van der Waals surface area contributed by atoms with Crippen LogP contribution in [0.1, 0.15) is 50.4 Å². The predicted molar refractivity (Wildman–Crippen MR) is 141 cm³/mol. The Hall–Kier alpha value is -3.68. The van der Waals surface area contributed by atoms with E-state index in [1.165, 1.54) is 29.1 Å². The molecule has 3 aromatic rings. The number of aromatic nitrogens is 3. The second-order valence-electron chi connectivity index (χ2n) is 11.3. The third-order valence-electron chi connectivity index (χ3n) is 7.54. The Morgan fingerprint density at radius 2 is 1.80 bits per heavy atom. The summed E-state index contributed by atoms with van der Waals surface area (Å²) in [4.78, 5) is 19.6. The van der Waals surface area contributed by atoms with Crippen LogP contribution in [0.2, 0.25) is 0 Å². The number of alkyl halides is 3. The Morgan fingerprint density at radius 3 is 2.39 bits per heavy atom. The van der Waals surface area contributed by atoms with Crippen LogP contribution in [0.5, 0.6) is 5.88 Å². The van der Waals surface area contributed by atoms with Crippen molar-refractivity contribution in [3.05, 3.63) is 60.0 Å². The standard InChI is InChI=1S/C27H29F4N5O4S/c1-17-14-25(2,3)35(15-17)23-20(24(37)34-41(38,39)19-6-4-18(28)5-7-19)8-9-21(32-23)36-13-10-22(33-36)40-16-26(11-12-26)27(29,30)31/h4-10,13,17H,11-12,14-16H2,1-3H3,(H,34,37)/t17-/m0/s1. The SMILES string of the molecule is C[C@@H]1CN(c2nc(-n3ccc(OCC4(C(F)(F)F)CC4)n3)ccc2C(=O)NS(=O)(=O)c2ccc(F)cc2)C(C)(C)C1. The van der Waals surface area contributed by atoms with Gasteiger partial charge >= 0.3 is 6.18 Å². The molecule has 1 atom stereocenters. The molecular formula is C27H29F4N5O4S.